The smallest absolute Gasteiger partial charge is 0.273 e. The van der Waals surface area contributed by atoms with E-state index in [0.717, 1.165) is 16.8 Å². The predicted molar refractivity (Wildman–Crippen MR) is 79.9 cm³/mol. The number of benzene rings is 1. The van der Waals surface area contributed by atoms with Crippen molar-refractivity contribution in [2.24, 2.45) is 4.99 Å². The van der Waals surface area contributed by atoms with Gasteiger partial charge in [-0.1, -0.05) is 0 Å². The zero-order chi connectivity index (χ0) is 16.8. The number of hydrogen-bond donors (Lipinski definition) is 1. The molecule has 1 aliphatic rings. The fourth-order valence-corrected chi connectivity index (χ4v) is 2.22. The van der Waals surface area contributed by atoms with Crippen LogP contribution >= 0.6 is 0 Å². The third-order valence-corrected chi connectivity index (χ3v) is 3.14. The molecule has 0 fully saturated rings. The number of non-ortho nitro benzene ring substituents is 1. The van der Waals surface area contributed by atoms with Gasteiger partial charge in [0, 0.05) is 24.3 Å². The second kappa shape index (κ2) is 4.90. The van der Waals surface area contributed by atoms with E-state index in [0.29, 0.717) is 5.75 Å². The topological polar surface area (TPSA) is 120 Å². The Bertz CT molecular complexity index is 900. The first-order chi connectivity index (χ1) is 10.8. The molecular weight excluding hydrogens is 304 g/mol. The van der Waals surface area contributed by atoms with Gasteiger partial charge in [0.05, 0.1) is 10.5 Å². The summed E-state index contributed by atoms with van der Waals surface area (Å²) in [5.74, 6) is 0.0343. The Hall–Kier alpha value is -3.23. The standard InChI is InChI=1S/C14H12N4O5/c1-14(2)15-13(17-12(20)6-5-11(19)16-17)9-7-8(18(21)22)3-4-10(9)23-14/h3-7H,1-2H3,(H,16,19). The molecule has 3 rings (SSSR count). The quantitative estimate of drug-likeness (QED) is 0.625. The number of nitro benzene ring substituents is 1. The van der Waals surface area contributed by atoms with Gasteiger partial charge in [0.2, 0.25) is 5.88 Å². The lowest BCUT2D eigenvalue weighted by atomic mass is 10.1. The maximum absolute atomic E-state index is 12.0. The van der Waals surface area contributed by atoms with Crippen LogP contribution in [0.5, 0.6) is 11.6 Å². The summed E-state index contributed by atoms with van der Waals surface area (Å²) in [5.41, 5.74) is -1.45. The Labute approximate surface area is 129 Å². The van der Waals surface area contributed by atoms with Gasteiger partial charge in [0.25, 0.3) is 11.2 Å². The van der Waals surface area contributed by atoms with Crippen molar-refractivity contribution in [2.75, 3.05) is 0 Å². The van der Waals surface area contributed by atoms with Crippen molar-refractivity contribution in [3.05, 3.63) is 56.4 Å². The van der Waals surface area contributed by atoms with Gasteiger partial charge in [0.1, 0.15) is 5.75 Å². The van der Waals surface area contributed by atoms with E-state index in [4.69, 9.17) is 4.74 Å². The first-order valence-electron chi connectivity index (χ1n) is 6.64. The zero-order valence-corrected chi connectivity index (χ0v) is 12.3. The van der Waals surface area contributed by atoms with Crippen LogP contribution in [0.1, 0.15) is 19.4 Å². The van der Waals surface area contributed by atoms with Crippen molar-refractivity contribution < 1.29 is 14.8 Å². The number of rotatable bonds is 1. The van der Waals surface area contributed by atoms with Crippen LogP contribution in [-0.2, 0) is 0 Å². The minimum absolute atomic E-state index is 0.0702. The Kier molecular flexibility index (Phi) is 3.13. The van der Waals surface area contributed by atoms with Gasteiger partial charge in [-0.3, -0.25) is 14.9 Å². The van der Waals surface area contributed by atoms with E-state index in [1.165, 1.54) is 18.2 Å². The molecule has 2 heterocycles. The van der Waals surface area contributed by atoms with Gasteiger partial charge in [-0.05, 0) is 19.9 Å². The number of fused-ring (bicyclic) bond motifs is 1. The molecule has 0 atom stereocenters. The van der Waals surface area contributed by atoms with Gasteiger partial charge in [-0.15, -0.1) is 5.10 Å². The molecule has 1 aromatic heterocycles. The molecule has 0 unspecified atom stereocenters. The lowest BCUT2D eigenvalue weighted by Crippen LogP contribution is -2.38. The van der Waals surface area contributed by atoms with Crippen LogP contribution in [0, 0.1) is 10.1 Å². The van der Waals surface area contributed by atoms with E-state index < -0.39 is 16.2 Å². The number of nitrogens with zero attached hydrogens (tertiary/aromatic N) is 4. The highest BCUT2D eigenvalue weighted by molar-refractivity contribution is 6.03. The van der Waals surface area contributed by atoms with Gasteiger partial charge < -0.3 is 9.84 Å². The van der Waals surface area contributed by atoms with E-state index in [2.05, 4.69) is 10.1 Å². The van der Waals surface area contributed by atoms with Crippen LogP contribution in [0.15, 0.2) is 40.1 Å². The average molecular weight is 316 g/mol. The van der Waals surface area contributed by atoms with Crippen LogP contribution in [0.4, 0.5) is 5.69 Å². The van der Waals surface area contributed by atoms with Crippen LogP contribution < -0.4 is 10.3 Å². The second-order valence-electron chi connectivity index (χ2n) is 5.36. The summed E-state index contributed by atoms with van der Waals surface area (Å²) in [4.78, 5) is 26.8. The summed E-state index contributed by atoms with van der Waals surface area (Å²) in [7, 11) is 0. The fraction of sp³-hybridized carbons (Fsp3) is 0.214. The Morgan fingerprint density at radius 2 is 2.04 bits per heavy atom. The van der Waals surface area contributed by atoms with E-state index in [9.17, 15) is 20.0 Å². The highest BCUT2D eigenvalue weighted by Crippen LogP contribution is 2.33. The van der Waals surface area contributed by atoms with E-state index in [1.807, 2.05) is 0 Å². The number of nitro groups is 1. The minimum atomic E-state index is -0.995. The molecule has 1 aromatic carbocycles. The molecule has 1 aliphatic heterocycles. The molecule has 118 valence electrons. The molecule has 9 heteroatoms. The molecule has 9 nitrogen and oxygen atoms in total. The van der Waals surface area contributed by atoms with Crippen LogP contribution in [0.25, 0.3) is 0 Å². The van der Waals surface area contributed by atoms with Crippen molar-refractivity contribution in [2.45, 2.75) is 19.6 Å². The first-order valence-corrected chi connectivity index (χ1v) is 6.64. The van der Waals surface area contributed by atoms with Crippen molar-refractivity contribution in [1.29, 1.82) is 0 Å². The molecule has 0 amide bonds. The number of ether oxygens (including phenoxy) is 1. The molecule has 0 aliphatic carbocycles. The molecule has 0 bridgehead atoms. The summed E-state index contributed by atoms with van der Waals surface area (Å²) in [6.07, 6.45) is 0. The highest BCUT2D eigenvalue weighted by atomic mass is 16.6. The van der Waals surface area contributed by atoms with Gasteiger partial charge >= 0.3 is 0 Å². The SMILES string of the molecule is CC1(C)N=C(n2nc(O)ccc2=O)c2cc([N+](=O)[O-])ccc2O1. The Morgan fingerprint density at radius 3 is 2.74 bits per heavy atom. The number of aromatic hydroxyl groups is 1. The van der Waals surface area contributed by atoms with Crippen LogP contribution in [-0.4, -0.2) is 31.4 Å². The van der Waals surface area contributed by atoms with Crippen LogP contribution in [0.3, 0.4) is 0 Å². The maximum Gasteiger partial charge on any atom is 0.273 e. The monoisotopic (exact) mass is 316 g/mol. The molecular formula is C14H12N4O5. The van der Waals surface area contributed by atoms with E-state index >= 15 is 0 Å². The summed E-state index contributed by atoms with van der Waals surface area (Å²) < 4.78 is 6.55. The zero-order valence-electron chi connectivity index (χ0n) is 12.3. The van der Waals surface area contributed by atoms with Gasteiger partial charge in [-0.25, -0.2) is 4.99 Å². The van der Waals surface area contributed by atoms with Gasteiger partial charge in [-0.2, -0.15) is 4.68 Å². The normalized spacial score (nSPS) is 15.3. The molecule has 23 heavy (non-hydrogen) atoms. The maximum atomic E-state index is 12.0. The Balaban J connectivity index is 2.28. The molecule has 2 aromatic rings. The summed E-state index contributed by atoms with van der Waals surface area (Å²) in [6.45, 7) is 3.34. The van der Waals surface area contributed by atoms with Crippen molar-refractivity contribution in [3.8, 4) is 11.6 Å². The second-order valence-corrected chi connectivity index (χ2v) is 5.36. The van der Waals surface area contributed by atoms with Gasteiger partial charge in [0.15, 0.2) is 11.6 Å². The van der Waals surface area contributed by atoms with Crippen molar-refractivity contribution in [3.63, 3.8) is 0 Å². The first kappa shape index (κ1) is 14.7. The molecule has 0 radical (unpaired) electrons. The number of aliphatic imine (C=N–C) groups is 1. The summed E-state index contributed by atoms with van der Waals surface area (Å²) in [5, 5.41) is 24.2. The molecule has 0 saturated carbocycles. The van der Waals surface area contributed by atoms with E-state index in [1.54, 1.807) is 13.8 Å². The largest absolute Gasteiger partial charge is 0.492 e. The average Bonchev–Trinajstić information content (AvgIpc) is 2.47. The number of aromatic nitrogens is 2. The predicted octanol–water partition coefficient (Wildman–Crippen LogP) is 1.28. The Morgan fingerprint density at radius 1 is 1.30 bits per heavy atom. The number of hydrogen-bond acceptors (Lipinski definition) is 7. The van der Waals surface area contributed by atoms with E-state index in [-0.39, 0.29) is 23.0 Å². The molecule has 0 spiro atoms. The third kappa shape index (κ3) is 2.63. The fourth-order valence-electron chi connectivity index (χ4n) is 2.22. The highest BCUT2D eigenvalue weighted by Gasteiger charge is 2.31. The lowest BCUT2D eigenvalue weighted by molar-refractivity contribution is -0.384. The summed E-state index contributed by atoms with van der Waals surface area (Å²) >= 11 is 0. The molecule has 1 N–H and O–H groups in total. The molecule has 0 saturated heterocycles. The minimum Gasteiger partial charge on any atom is -0.492 e. The van der Waals surface area contributed by atoms with Crippen LogP contribution in [0.2, 0.25) is 0 Å². The lowest BCUT2D eigenvalue weighted by Gasteiger charge is -2.29. The summed E-state index contributed by atoms with van der Waals surface area (Å²) in [6, 6.07) is 6.28. The van der Waals surface area contributed by atoms with Crippen molar-refractivity contribution in [1.82, 2.24) is 9.78 Å². The van der Waals surface area contributed by atoms with Crippen molar-refractivity contribution >= 4 is 11.5 Å². The third-order valence-electron chi connectivity index (χ3n) is 3.14.